The fourth-order valence-corrected chi connectivity index (χ4v) is 1.09. The van der Waals surface area contributed by atoms with Gasteiger partial charge in [0.15, 0.2) is 0 Å². The summed E-state index contributed by atoms with van der Waals surface area (Å²) < 4.78 is 10.1. The van der Waals surface area contributed by atoms with Gasteiger partial charge >= 0.3 is 0 Å². The highest BCUT2D eigenvalue weighted by atomic mass is 31.1. The highest BCUT2D eigenvalue weighted by Gasteiger charge is 1.83. The molecule has 0 aromatic carbocycles. The van der Waals surface area contributed by atoms with E-state index in [0.29, 0.717) is 13.2 Å². The standard InChI is InChI=1S/C5H13O2P/c1-4-6-8(3)7-5-2/h8H,3-5H2,1-2H3. The molecule has 0 saturated heterocycles. The number of hydrogen-bond acceptors (Lipinski definition) is 2. The molecule has 50 valence electrons. The number of hydrogen-bond donors (Lipinski definition) is 0. The molecule has 0 N–H and O–H groups in total. The molecule has 0 heterocycles. The molecule has 0 aromatic heterocycles. The Balaban J connectivity index is 3.06. The predicted molar refractivity (Wildman–Crippen MR) is 38.7 cm³/mol. The Hall–Kier alpha value is 0.220. The summed E-state index contributed by atoms with van der Waals surface area (Å²) >= 11 is 0. The molecule has 0 radical (unpaired) electrons. The lowest BCUT2D eigenvalue weighted by Crippen LogP contribution is -1.82. The molecule has 0 atom stereocenters. The number of rotatable bonds is 4. The third-order valence-electron chi connectivity index (χ3n) is 0.611. The van der Waals surface area contributed by atoms with Gasteiger partial charge in [-0.2, -0.15) is 0 Å². The maximum atomic E-state index is 5.05. The van der Waals surface area contributed by atoms with Crippen LogP contribution < -0.4 is 0 Å². The van der Waals surface area contributed by atoms with Gasteiger partial charge in [0.2, 0.25) is 0 Å². The van der Waals surface area contributed by atoms with Crippen molar-refractivity contribution in [2.75, 3.05) is 13.2 Å². The first-order valence-electron chi connectivity index (χ1n) is 2.75. The Morgan fingerprint density at radius 1 is 1.25 bits per heavy atom. The average Bonchev–Trinajstić information content (AvgIpc) is 1.68. The van der Waals surface area contributed by atoms with Crippen molar-refractivity contribution in [3.63, 3.8) is 0 Å². The molecule has 0 unspecified atom stereocenters. The van der Waals surface area contributed by atoms with Gasteiger partial charge in [-0.3, -0.25) is 0 Å². The van der Waals surface area contributed by atoms with Crippen molar-refractivity contribution >= 4 is 14.3 Å². The van der Waals surface area contributed by atoms with Crippen LogP contribution in [0.25, 0.3) is 0 Å². The third kappa shape index (κ3) is 4.38. The van der Waals surface area contributed by atoms with Gasteiger partial charge in [0, 0.05) is 0 Å². The van der Waals surface area contributed by atoms with Gasteiger partial charge in [0.25, 0.3) is 0 Å². The average molecular weight is 136 g/mol. The summed E-state index contributed by atoms with van der Waals surface area (Å²) in [4.78, 5) is 0. The van der Waals surface area contributed by atoms with E-state index in [1.54, 1.807) is 0 Å². The van der Waals surface area contributed by atoms with Crippen LogP contribution in [0.3, 0.4) is 0 Å². The van der Waals surface area contributed by atoms with Crippen LogP contribution in [0, 0.1) is 0 Å². The molecule has 0 aliphatic rings. The summed E-state index contributed by atoms with van der Waals surface area (Å²) in [5.74, 6) is 0. The van der Waals surface area contributed by atoms with Crippen LogP contribution >= 0.6 is 8.00 Å². The van der Waals surface area contributed by atoms with Crippen LogP contribution in [0.1, 0.15) is 13.8 Å². The van der Waals surface area contributed by atoms with E-state index in [9.17, 15) is 0 Å². The fourth-order valence-electron chi connectivity index (χ4n) is 0.364. The predicted octanol–water partition coefficient (Wildman–Crippen LogP) is 1.54. The second-order valence-corrected chi connectivity index (χ2v) is 2.56. The fraction of sp³-hybridized carbons (Fsp3) is 0.800. The van der Waals surface area contributed by atoms with E-state index in [-0.39, 0.29) is 0 Å². The van der Waals surface area contributed by atoms with Gasteiger partial charge in [-0.1, -0.05) is 6.30 Å². The Labute approximate surface area is 51.4 Å². The van der Waals surface area contributed by atoms with Gasteiger partial charge in [0.1, 0.15) is 8.00 Å². The van der Waals surface area contributed by atoms with Crippen LogP contribution in [0.2, 0.25) is 0 Å². The van der Waals surface area contributed by atoms with Crippen LogP contribution in [-0.4, -0.2) is 19.5 Å². The molecule has 0 amide bonds. The third-order valence-corrected chi connectivity index (χ3v) is 1.83. The van der Waals surface area contributed by atoms with E-state index in [0.717, 1.165) is 0 Å². The van der Waals surface area contributed by atoms with Gasteiger partial charge in [-0.05, 0) is 13.8 Å². The molecule has 0 saturated carbocycles. The summed E-state index contributed by atoms with van der Waals surface area (Å²) in [7, 11) is -1.14. The van der Waals surface area contributed by atoms with Gasteiger partial charge in [-0.25, -0.2) is 0 Å². The summed E-state index contributed by atoms with van der Waals surface area (Å²) in [5, 5.41) is 0. The maximum absolute atomic E-state index is 5.05. The lowest BCUT2D eigenvalue weighted by atomic mass is 10.9. The van der Waals surface area contributed by atoms with Crippen molar-refractivity contribution in [3.8, 4) is 0 Å². The second kappa shape index (κ2) is 5.36. The van der Waals surface area contributed by atoms with Gasteiger partial charge < -0.3 is 9.05 Å². The van der Waals surface area contributed by atoms with Crippen LogP contribution in [-0.2, 0) is 9.05 Å². The minimum atomic E-state index is -1.14. The monoisotopic (exact) mass is 136 g/mol. The van der Waals surface area contributed by atoms with Gasteiger partial charge in [-0.15, -0.1) is 0 Å². The van der Waals surface area contributed by atoms with Crippen molar-refractivity contribution < 1.29 is 9.05 Å². The molecule has 0 spiro atoms. The molecule has 0 aliphatic heterocycles. The zero-order valence-electron chi connectivity index (χ0n) is 5.44. The molecule has 0 aliphatic carbocycles. The van der Waals surface area contributed by atoms with E-state index in [1.807, 2.05) is 13.8 Å². The van der Waals surface area contributed by atoms with Gasteiger partial charge in [0.05, 0.1) is 13.2 Å². The van der Waals surface area contributed by atoms with Crippen molar-refractivity contribution in [2.45, 2.75) is 13.8 Å². The topological polar surface area (TPSA) is 18.5 Å². The maximum Gasteiger partial charge on any atom is 0.104 e. The minimum absolute atomic E-state index is 0.706. The SMILES string of the molecule is C=[PH](OCC)OCC. The quantitative estimate of drug-likeness (QED) is 0.546. The first kappa shape index (κ1) is 8.22. The lowest BCUT2D eigenvalue weighted by Gasteiger charge is -2.03. The largest absolute Gasteiger partial charge is 0.340 e. The normalized spacial score (nSPS) is 10.4. The van der Waals surface area contributed by atoms with E-state index >= 15 is 0 Å². The summed E-state index contributed by atoms with van der Waals surface area (Å²) in [6, 6.07) is 0. The lowest BCUT2D eigenvalue weighted by molar-refractivity contribution is 0.284. The highest BCUT2D eigenvalue weighted by Crippen LogP contribution is 2.21. The molecule has 0 rings (SSSR count). The Kier molecular flexibility index (Phi) is 5.51. The molecule has 8 heavy (non-hydrogen) atoms. The summed E-state index contributed by atoms with van der Waals surface area (Å²) in [6.45, 7) is 5.29. The highest BCUT2D eigenvalue weighted by molar-refractivity contribution is 7.45. The smallest absolute Gasteiger partial charge is 0.104 e. The molecular weight excluding hydrogens is 123 g/mol. The van der Waals surface area contributed by atoms with E-state index in [4.69, 9.17) is 9.05 Å². The Bertz CT molecular complexity index is 64.8. The van der Waals surface area contributed by atoms with E-state index in [2.05, 4.69) is 6.30 Å². The molecule has 0 aromatic rings. The zero-order chi connectivity index (χ0) is 6.41. The minimum Gasteiger partial charge on any atom is -0.340 e. The molecule has 2 nitrogen and oxygen atoms in total. The molecular formula is C5H13O2P. The summed E-state index contributed by atoms with van der Waals surface area (Å²) in [6.07, 6.45) is 3.67. The van der Waals surface area contributed by atoms with Crippen molar-refractivity contribution in [3.05, 3.63) is 0 Å². The molecule has 0 fully saturated rings. The van der Waals surface area contributed by atoms with E-state index < -0.39 is 8.00 Å². The van der Waals surface area contributed by atoms with Crippen molar-refractivity contribution in [1.29, 1.82) is 0 Å². The first-order valence-corrected chi connectivity index (χ1v) is 4.28. The Morgan fingerprint density at radius 2 is 1.62 bits per heavy atom. The first-order chi connectivity index (χ1) is 3.81. The molecule has 3 heteroatoms. The van der Waals surface area contributed by atoms with Crippen molar-refractivity contribution in [2.24, 2.45) is 0 Å². The second-order valence-electron chi connectivity index (χ2n) is 1.24. The van der Waals surface area contributed by atoms with Crippen LogP contribution in [0.5, 0.6) is 0 Å². The Morgan fingerprint density at radius 3 is 1.88 bits per heavy atom. The van der Waals surface area contributed by atoms with Crippen molar-refractivity contribution in [1.82, 2.24) is 0 Å². The van der Waals surface area contributed by atoms with E-state index in [1.165, 1.54) is 0 Å². The van der Waals surface area contributed by atoms with Crippen LogP contribution in [0.15, 0.2) is 0 Å². The molecule has 0 bridgehead atoms. The zero-order valence-corrected chi connectivity index (χ0v) is 6.44. The summed E-state index contributed by atoms with van der Waals surface area (Å²) in [5.41, 5.74) is 0. The van der Waals surface area contributed by atoms with Crippen LogP contribution in [0.4, 0.5) is 0 Å².